The predicted octanol–water partition coefficient (Wildman–Crippen LogP) is 5.13. The van der Waals surface area contributed by atoms with Crippen LogP contribution in [0.15, 0.2) is 101 Å². The molecule has 0 aromatic heterocycles. The molecule has 0 spiro atoms. The lowest BCUT2D eigenvalue weighted by molar-refractivity contribution is -0.112. The SMILES string of the molecule is O=C(C=NN=P(c1ccccc1)(c1ccccc1)c1ccccc1)CCCCCl. The number of benzene rings is 3. The lowest BCUT2D eigenvalue weighted by atomic mass is 10.2. The Bertz CT molecular complexity index is 886. The molecule has 3 aromatic carbocycles. The van der Waals surface area contributed by atoms with E-state index in [1.54, 1.807) is 0 Å². The first-order valence-electron chi connectivity index (χ1n) is 9.67. The van der Waals surface area contributed by atoms with Crippen molar-refractivity contribution in [3.63, 3.8) is 0 Å². The number of Topliss-reactive ketones (excluding diaryl/α,β-unsaturated/α-hetero) is 1. The van der Waals surface area contributed by atoms with Crippen LogP contribution in [0.25, 0.3) is 0 Å². The van der Waals surface area contributed by atoms with Crippen molar-refractivity contribution in [1.82, 2.24) is 0 Å². The zero-order valence-corrected chi connectivity index (χ0v) is 17.8. The molecule has 5 heteroatoms. The van der Waals surface area contributed by atoms with E-state index >= 15 is 0 Å². The van der Waals surface area contributed by atoms with Crippen LogP contribution in [0.5, 0.6) is 0 Å². The normalized spacial score (nSPS) is 11.5. The average Bonchev–Trinajstić information content (AvgIpc) is 2.79. The number of unbranched alkanes of at least 4 members (excludes halogenated alkanes) is 1. The summed E-state index contributed by atoms with van der Waals surface area (Å²) in [5.74, 6) is 0.547. The van der Waals surface area contributed by atoms with Gasteiger partial charge < -0.3 is 0 Å². The summed E-state index contributed by atoms with van der Waals surface area (Å²) in [7, 11) is -2.39. The van der Waals surface area contributed by atoms with E-state index in [9.17, 15) is 4.79 Å². The van der Waals surface area contributed by atoms with Gasteiger partial charge in [-0.3, -0.25) is 4.79 Å². The molecule has 29 heavy (non-hydrogen) atoms. The predicted molar refractivity (Wildman–Crippen MR) is 126 cm³/mol. The van der Waals surface area contributed by atoms with Gasteiger partial charge in [-0.25, -0.2) is 0 Å². The molecule has 0 unspecified atom stereocenters. The van der Waals surface area contributed by atoms with Crippen molar-refractivity contribution in [2.75, 3.05) is 5.88 Å². The maximum atomic E-state index is 12.2. The monoisotopic (exact) mass is 422 g/mol. The van der Waals surface area contributed by atoms with Crippen molar-refractivity contribution in [2.45, 2.75) is 19.3 Å². The number of alkyl halides is 1. The van der Waals surface area contributed by atoms with Gasteiger partial charge in [-0.05, 0) is 12.8 Å². The van der Waals surface area contributed by atoms with E-state index in [0.717, 1.165) is 28.8 Å². The van der Waals surface area contributed by atoms with Gasteiger partial charge in [0.2, 0.25) is 0 Å². The van der Waals surface area contributed by atoms with E-state index in [2.05, 4.69) is 41.5 Å². The average molecular weight is 423 g/mol. The molecule has 3 rings (SSSR count). The fourth-order valence-corrected chi connectivity index (χ4v) is 6.57. The van der Waals surface area contributed by atoms with Gasteiger partial charge in [0, 0.05) is 28.2 Å². The molecule has 0 aliphatic carbocycles. The highest BCUT2D eigenvalue weighted by molar-refractivity contribution is 7.87. The minimum absolute atomic E-state index is 0.0221. The van der Waals surface area contributed by atoms with E-state index in [1.807, 2.05) is 54.6 Å². The van der Waals surface area contributed by atoms with Crippen molar-refractivity contribution in [3.8, 4) is 0 Å². The van der Waals surface area contributed by atoms with Crippen molar-refractivity contribution in [1.29, 1.82) is 0 Å². The number of carbonyl (C=O) groups is 1. The summed E-state index contributed by atoms with van der Waals surface area (Å²) in [6, 6.07) is 30.7. The second kappa shape index (κ2) is 10.9. The van der Waals surface area contributed by atoms with Crippen LogP contribution in [-0.2, 0) is 4.79 Å². The minimum Gasteiger partial charge on any atom is -0.293 e. The molecule has 0 aliphatic heterocycles. The molecule has 0 N–H and O–H groups in total. The smallest absolute Gasteiger partial charge is 0.175 e. The van der Waals surface area contributed by atoms with Crippen molar-refractivity contribution >= 4 is 46.6 Å². The molecule has 0 atom stereocenters. The largest absolute Gasteiger partial charge is 0.293 e. The van der Waals surface area contributed by atoms with E-state index in [0.29, 0.717) is 12.3 Å². The minimum atomic E-state index is -2.39. The Morgan fingerprint density at radius 2 is 1.21 bits per heavy atom. The van der Waals surface area contributed by atoms with Crippen LogP contribution in [0.3, 0.4) is 0 Å². The second-order valence-electron chi connectivity index (χ2n) is 6.59. The standard InChI is InChI=1S/C24H24ClN2OP/c25-19-11-10-12-21(28)20-26-27-29(22-13-4-1-5-14-22,23-15-6-2-7-16-23)24-17-8-3-9-18-24/h1-9,13-18,20H,10-12,19H2. The number of hydrogen-bond donors (Lipinski definition) is 0. The summed E-state index contributed by atoms with van der Waals surface area (Å²) in [6.45, 7) is 0. The molecule has 0 bridgehead atoms. The summed E-state index contributed by atoms with van der Waals surface area (Å²) in [6.07, 6.45) is 3.40. The fraction of sp³-hybridized carbons (Fsp3) is 0.167. The maximum absolute atomic E-state index is 12.2. The van der Waals surface area contributed by atoms with Gasteiger partial charge in [0.1, 0.15) is 0 Å². The molecule has 0 saturated heterocycles. The first-order valence-corrected chi connectivity index (χ1v) is 12.0. The first-order chi connectivity index (χ1) is 14.3. The third kappa shape index (κ3) is 5.32. The molecule has 0 radical (unpaired) electrons. The van der Waals surface area contributed by atoms with Crippen LogP contribution in [0.1, 0.15) is 19.3 Å². The number of halogens is 1. The molecule has 3 nitrogen and oxygen atoms in total. The van der Waals surface area contributed by atoms with Crippen LogP contribution in [0.4, 0.5) is 0 Å². The van der Waals surface area contributed by atoms with Crippen molar-refractivity contribution < 1.29 is 4.79 Å². The highest BCUT2D eigenvalue weighted by Crippen LogP contribution is 2.46. The highest BCUT2D eigenvalue weighted by Gasteiger charge is 2.27. The molecule has 0 fully saturated rings. The Morgan fingerprint density at radius 1 is 0.759 bits per heavy atom. The van der Waals surface area contributed by atoms with Gasteiger partial charge in [0.15, 0.2) is 5.78 Å². The molecule has 0 aliphatic rings. The molecule has 148 valence electrons. The number of rotatable bonds is 9. The maximum Gasteiger partial charge on any atom is 0.175 e. The Morgan fingerprint density at radius 3 is 1.62 bits per heavy atom. The summed E-state index contributed by atoms with van der Waals surface area (Å²) in [5.41, 5.74) is 0. The molecule has 0 saturated carbocycles. The molecule has 0 amide bonds. The van der Waals surface area contributed by atoms with Crippen LogP contribution >= 0.6 is 18.7 Å². The Labute approximate surface area is 177 Å². The summed E-state index contributed by atoms with van der Waals surface area (Å²) in [4.78, 5) is 17.0. The van der Waals surface area contributed by atoms with Gasteiger partial charge in [-0.15, -0.1) is 11.6 Å². The van der Waals surface area contributed by atoms with E-state index in [1.165, 1.54) is 6.21 Å². The topological polar surface area (TPSA) is 41.8 Å². The molecule has 3 aromatic rings. The molecular weight excluding hydrogens is 399 g/mol. The number of ketones is 1. The summed E-state index contributed by atoms with van der Waals surface area (Å²) in [5, 5.41) is 7.62. The van der Waals surface area contributed by atoms with Gasteiger partial charge in [0.25, 0.3) is 0 Å². The Kier molecular flexibility index (Phi) is 7.98. The van der Waals surface area contributed by atoms with Crippen LogP contribution < -0.4 is 15.9 Å². The number of hydrogen-bond acceptors (Lipinski definition) is 2. The van der Waals surface area contributed by atoms with Gasteiger partial charge in [0.05, 0.1) is 13.3 Å². The number of carbonyl (C=O) groups excluding carboxylic acids is 1. The van der Waals surface area contributed by atoms with Crippen LogP contribution in [0.2, 0.25) is 0 Å². The highest BCUT2D eigenvalue weighted by atomic mass is 35.5. The van der Waals surface area contributed by atoms with E-state index in [-0.39, 0.29) is 5.78 Å². The van der Waals surface area contributed by atoms with Crippen LogP contribution in [0, 0.1) is 0 Å². The lowest BCUT2D eigenvalue weighted by Crippen LogP contribution is -2.25. The van der Waals surface area contributed by atoms with Gasteiger partial charge in [-0.1, -0.05) is 91.0 Å². The summed E-state index contributed by atoms with van der Waals surface area (Å²) >= 11 is 5.69. The number of nitrogens with zero attached hydrogens (tertiary/aromatic N) is 2. The quantitative estimate of drug-likeness (QED) is 0.155. The molecule has 0 heterocycles. The van der Waals surface area contributed by atoms with E-state index < -0.39 is 7.05 Å². The first kappa shape index (κ1) is 21.2. The third-order valence-corrected chi connectivity index (χ3v) is 8.36. The molecular formula is C24H24ClN2OP. The fourth-order valence-electron chi connectivity index (χ4n) is 3.16. The van der Waals surface area contributed by atoms with Crippen molar-refractivity contribution in [2.24, 2.45) is 9.96 Å². The zero-order chi connectivity index (χ0) is 20.4. The zero-order valence-electron chi connectivity index (χ0n) is 16.2. The van der Waals surface area contributed by atoms with Crippen molar-refractivity contribution in [3.05, 3.63) is 91.0 Å². The van der Waals surface area contributed by atoms with Gasteiger partial charge >= 0.3 is 0 Å². The summed E-state index contributed by atoms with van der Waals surface area (Å²) < 4.78 is 0. The second-order valence-corrected chi connectivity index (χ2v) is 9.97. The van der Waals surface area contributed by atoms with Crippen LogP contribution in [-0.4, -0.2) is 17.9 Å². The Balaban J connectivity index is 2.14. The third-order valence-electron chi connectivity index (χ3n) is 4.58. The lowest BCUT2D eigenvalue weighted by Gasteiger charge is -2.25. The van der Waals surface area contributed by atoms with E-state index in [4.69, 9.17) is 16.5 Å². The van der Waals surface area contributed by atoms with Gasteiger partial charge in [-0.2, -0.15) is 9.96 Å². The Hall–Kier alpha value is -2.48.